The second-order valence-corrected chi connectivity index (χ2v) is 5.81. The zero-order valence-electron chi connectivity index (χ0n) is 13.0. The van der Waals surface area contributed by atoms with E-state index in [9.17, 15) is 4.79 Å². The van der Waals surface area contributed by atoms with E-state index in [2.05, 4.69) is 5.32 Å². The van der Waals surface area contributed by atoms with Gasteiger partial charge in [-0.05, 0) is 61.7 Å². The highest BCUT2D eigenvalue weighted by Crippen LogP contribution is 2.17. The Morgan fingerprint density at radius 3 is 2.45 bits per heavy atom. The minimum atomic E-state index is -0.152. The Bertz CT molecular complexity index is 653. The molecule has 1 unspecified atom stereocenters. The van der Waals surface area contributed by atoms with Crippen molar-refractivity contribution in [2.75, 3.05) is 6.61 Å². The standard InChI is InChI=1S/C18H20ClNO2/c1-12-4-9-17(10-13(12)2)22-11-18(21)20-14(3)15-5-7-16(19)8-6-15/h4-10,14H,11H2,1-3H3,(H,20,21). The molecule has 2 rings (SSSR count). The van der Waals surface area contributed by atoms with E-state index in [4.69, 9.17) is 16.3 Å². The van der Waals surface area contributed by atoms with Crippen molar-refractivity contribution in [2.24, 2.45) is 0 Å². The van der Waals surface area contributed by atoms with E-state index in [1.165, 1.54) is 5.56 Å². The Kier molecular flexibility index (Phi) is 5.45. The lowest BCUT2D eigenvalue weighted by molar-refractivity contribution is -0.123. The van der Waals surface area contributed by atoms with Crippen molar-refractivity contribution in [2.45, 2.75) is 26.8 Å². The first-order valence-electron chi connectivity index (χ1n) is 7.20. The summed E-state index contributed by atoms with van der Waals surface area (Å²) in [6.45, 7) is 5.99. The van der Waals surface area contributed by atoms with Crippen molar-refractivity contribution in [1.29, 1.82) is 0 Å². The topological polar surface area (TPSA) is 38.3 Å². The maximum atomic E-state index is 12.0. The number of amides is 1. The number of hydrogen-bond donors (Lipinski definition) is 1. The van der Waals surface area contributed by atoms with Crippen LogP contribution in [0.3, 0.4) is 0 Å². The van der Waals surface area contributed by atoms with Crippen LogP contribution < -0.4 is 10.1 Å². The maximum absolute atomic E-state index is 12.0. The highest BCUT2D eigenvalue weighted by molar-refractivity contribution is 6.30. The second kappa shape index (κ2) is 7.32. The fourth-order valence-corrected chi connectivity index (χ4v) is 2.20. The normalized spacial score (nSPS) is 11.8. The predicted molar refractivity (Wildman–Crippen MR) is 89.4 cm³/mol. The van der Waals surface area contributed by atoms with Crippen molar-refractivity contribution in [3.63, 3.8) is 0 Å². The number of carbonyl (C=O) groups excluding carboxylic acids is 1. The summed E-state index contributed by atoms with van der Waals surface area (Å²) in [5.74, 6) is 0.554. The largest absolute Gasteiger partial charge is 0.484 e. The van der Waals surface area contributed by atoms with E-state index in [0.29, 0.717) is 10.8 Å². The SMILES string of the molecule is Cc1ccc(OCC(=O)NC(C)c2ccc(Cl)cc2)cc1C. The van der Waals surface area contributed by atoms with Gasteiger partial charge in [0.25, 0.3) is 5.91 Å². The monoisotopic (exact) mass is 317 g/mol. The lowest BCUT2D eigenvalue weighted by Crippen LogP contribution is -2.31. The molecule has 2 aromatic rings. The highest BCUT2D eigenvalue weighted by atomic mass is 35.5. The molecule has 0 aliphatic carbocycles. The Balaban J connectivity index is 1.87. The van der Waals surface area contributed by atoms with Crippen molar-refractivity contribution in [3.05, 3.63) is 64.2 Å². The summed E-state index contributed by atoms with van der Waals surface area (Å²) in [6, 6.07) is 13.1. The average Bonchev–Trinajstić information content (AvgIpc) is 2.49. The summed E-state index contributed by atoms with van der Waals surface area (Å²) >= 11 is 5.86. The second-order valence-electron chi connectivity index (χ2n) is 5.38. The molecule has 0 aliphatic heterocycles. The molecule has 1 atom stereocenters. The van der Waals surface area contributed by atoms with Gasteiger partial charge in [0.1, 0.15) is 5.75 Å². The molecule has 116 valence electrons. The van der Waals surface area contributed by atoms with Crippen LogP contribution in [0.4, 0.5) is 0 Å². The molecule has 1 N–H and O–H groups in total. The van der Waals surface area contributed by atoms with Gasteiger partial charge in [-0.2, -0.15) is 0 Å². The van der Waals surface area contributed by atoms with Crippen LogP contribution in [0, 0.1) is 13.8 Å². The third kappa shape index (κ3) is 4.50. The van der Waals surface area contributed by atoms with Crippen LogP contribution in [0.5, 0.6) is 5.75 Å². The van der Waals surface area contributed by atoms with Gasteiger partial charge < -0.3 is 10.1 Å². The van der Waals surface area contributed by atoms with Gasteiger partial charge in [-0.15, -0.1) is 0 Å². The van der Waals surface area contributed by atoms with Crippen LogP contribution in [0.2, 0.25) is 5.02 Å². The summed E-state index contributed by atoms with van der Waals surface area (Å²) in [6.07, 6.45) is 0. The van der Waals surface area contributed by atoms with Gasteiger partial charge in [0.15, 0.2) is 6.61 Å². The Morgan fingerprint density at radius 2 is 1.82 bits per heavy atom. The number of aryl methyl sites for hydroxylation is 2. The zero-order valence-corrected chi connectivity index (χ0v) is 13.8. The van der Waals surface area contributed by atoms with Crippen LogP contribution in [0.15, 0.2) is 42.5 Å². The third-order valence-electron chi connectivity index (χ3n) is 3.60. The van der Waals surface area contributed by atoms with Gasteiger partial charge in [-0.1, -0.05) is 29.8 Å². The molecule has 22 heavy (non-hydrogen) atoms. The molecule has 0 saturated heterocycles. The van der Waals surface area contributed by atoms with E-state index in [1.54, 1.807) is 0 Å². The number of ether oxygens (including phenoxy) is 1. The minimum absolute atomic E-state index is 0.000427. The first-order valence-corrected chi connectivity index (χ1v) is 7.58. The molecule has 2 aromatic carbocycles. The Labute approximate surface area is 136 Å². The molecule has 4 heteroatoms. The summed E-state index contributed by atoms with van der Waals surface area (Å²) in [5.41, 5.74) is 3.35. The Morgan fingerprint density at radius 1 is 1.14 bits per heavy atom. The Hall–Kier alpha value is -2.00. The van der Waals surface area contributed by atoms with E-state index in [1.807, 2.05) is 63.2 Å². The van der Waals surface area contributed by atoms with Crippen molar-refractivity contribution in [1.82, 2.24) is 5.32 Å². The molecule has 0 aliphatic rings. The molecule has 0 aromatic heterocycles. The number of carbonyl (C=O) groups is 1. The first-order chi connectivity index (χ1) is 10.5. The van der Waals surface area contributed by atoms with Gasteiger partial charge >= 0.3 is 0 Å². The average molecular weight is 318 g/mol. The summed E-state index contributed by atoms with van der Waals surface area (Å²) in [4.78, 5) is 12.0. The minimum Gasteiger partial charge on any atom is -0.484 e. The number of rotatable bonds is 5. The molecule has 1 amide bonds. The summed E-state index contributed by atoms with van der Waals surface area (Å²) in [7, 11) is 0. The van der Waals surface area contributed by atoms with Gasteiger partial charge in [-0.3, -0.25) is 4.79 Å². The first kappa shape index (κ1) is 16.4. The van der Waals surface area contributed by atoms with Crippen LogP contribution in [-0.2, 0) is 4.79 Å². The van der Waals surface area contributed by atoms with Crippen LogP contribution in [0.25, 0.3) is 0 Å². The third-order valence-corrected chi connectivity index (χ3v) is 3.85. The van der Waals surface area contributed by atoms with Crippen molar-refractivity contribution < 1.29 is 9.53 Å². The highest BCUT2D eigenvalue weighted by Gasteiger charge is 2.10. The van der Waals surface area contributed by atoms with Gasteiger partial charge in [0.05, 0.1) is 6.04 Å². The quantitative estimate of drug-likeness (QED) is 0.897. The molecule has 0 heterocycles. The van der Waals surface area contributed by atoms with Crippen LogP contribution in [0.1, 0.15) is 29.7 Å². The lowest BCUT2D eigenvalue weighted by Gasteiger charge is -2.15. The molecular weight excluding hydrogens is 298 g/mol. The fourth-order valence-electron chi connectivity index (χ4n) is 2.07. The number of nitrogens with one attached hydrogen (secondary N) is 1. The fraction of sp³-hybridized carbons (Fsp3) is 0.278. The summed E-state index contributed by atoms with van der Waals surface area (Å²) in [5, 5.41) is 3.59. The lowest BCUT2D eigenvalue weighted by atomic mass is 10.1. The summed E-state index contributed by atoms with van der Waals surface area (Å²) < 4.78 is 5.53. The maximum Gasteiger partial charge on any atom is 0.258 e. The van der Waals surface area contributed by atoms with Gasteiger partial charge in [0.2, 0.25) is 0 Å². The molecular formula is C18H20ClNO2. The molecule has 0 radical (unpaired) electrons. The van der Waals surface area contributed by atoms with E-state index in [-0.39, 0.29) is 18.6 Å². The van der Waals surface area contributed by atoms with Gasteiger partial charge in [-0.25, -0.2) is 0 Å². The molecule has 0 bridgehead atoms. The van der Waals surface area contributed by atoms with Crippen molar-refractivity contribution in [3.8, 4) is 5.75 Å². The molecule has 0 fully saturated rings. The smallest absolute Gasteiger partial charge is 0.258 e. The van der Waals surface area contributed by atoms with E-state index < -0.39 is 0 Å². The number of hydrogen-bond acceptors (Lipinski definition) is 2. The molecule has 0 saturated carbocycles. The van der Waals surface area contributed by atoms with Crippen LogP contribution in [-0.4, -0.2) is 12.5 Å². The van der Waals surface area contributed by atoms with E-state index >= 15 is 0 Å². The molecule has 3 nitrogen and oxygen atoms in total. The number of benzene rings is 2. The van der Waals surface area contributed by atoms with Crippen LogP contribution >= 0.6 is 11.6 Å². The van der Waals surface area contributed by atoms with Crippen molar-refractivity contribution >= 4 is 17.5 Å². The molecule has 0 spiro atoms. The van der Waals surface area contributed by atoms with E-state index in [0.717, 1.165) is 11.1 Å². The number of halogens is 1. The predicted octanol–water partition coefficient (Wildman–Crippen LogP) is 4.21. The zero-order chi connectivity index (χ0) is 16.1. The van der Waals surface area contributed by atoms with Gasteiger partial charge in [0, 0.05) is 5.02 Å².